The van der Waals surface area contributed by atoms with E-state index in [0.29, 0.717) is 36.0 Å². The van der Waals surface area contributed by atoms with Crippen LogP contribution in [0.1, 0.15) is 11.3 Å². The molecule has 29 heavy (non-hydrogen) atoms. The Kier molecular flexibility index (Phi) is 5.24. The molecule has 0 saturated heterocycles. The molecule has 8 nitrogen and oxygen atoms in total. The number of nitrogens with one attached hydrogen (secondary N) is 2. The topological polar surface area (TPSA) is 110 Å². The van der Waals surface area contributed by atoms with E-state index < -0.39 is 17.4 Å². The van der Waals surface area contributed by atoms with Crippen molar-refractivity contribution >= 4 is 28.8 Å². The van der Waals surface area contributed by atoms with Crippen molar-refractivity contribution in [2.75, 3.05) is 25.1 Å². The molecule has 3 aromatic rings. The number of ether oxygens (including phenoxy) is 2. The van der Waals surface area contributed by atoms with Crippen LogP contribution < -0.4 is 20.1 Å². The third-order valence-corrected chi connectivity index (χ3v) is 5.12. The monoisotopic (exact) mass is 414 g/mol. The third kappa shape index (κ3) is 3.96. The first-order valence-corrected chi connectivity index (χ1v) is 9.78. The minimum atomic E-state index is -1.59. The van der Waals surface area contributed by atoms with Crippen LogP contribution in [0, 0.1) is 0 Å². The van der Waals surface area contributed by atoms with E-state index in [1.807, 2.05) is 0 Å². The van der Waals surface area contributed by atoms with Gasteiger partial charge in [-0.3, -0.25) is 9.59 Å². The Morgan fingerprint density at radius 2 is 1.93 bits per heavy atom. The van der Waals surface area contributed by atoms with Crippen molar-refractivity contribution in [1.82, 2.24) is 5.32 Å². The predicted molar refractivity (Wildman–Crippen MR) is 105 cm³/mol. The summed E-state index contributed by atoms with van der Waals surface area (Å²) in [7, 11) is 0. The number of amides is 2. The van der Waals surface area contributed by atoms with Gasteiger partial charge in [-0.05, 0) is 41.1 Å². The van der Waals surface area contributed by atoms with Crippen molar-refractivity contribution in [2.45, 2.75) is 5.60 Å². The van der Waals surface area contributed by atoms with Crippen LogP contribution in [-0.4, -0.2) is 36.7 Å². The lowest BCUT2D eigenvalue weighted by Gasteiger charge is -2.25. The Morgan fingerprint density at radius 3 is 2.66 bits per heavy atom. The second-order valence-electron chi connectivity index (χ2n) is 6.34. The Bertz CT molecular complexity index is 966. The van der Waals surface area contributed by atoms with Crippen molar-refractivity contribution in [2.24, 2.45) is 0 Å². The summed E-state index contributed by atoms with van der Waals surface area (Å²) in [6, 6.07) is 9.85. The van der Waals surface area contributed by atoms with E-state index in [1.54, 1.807) is 47.2 Å². The third-order valence-electron chi connectivity index (χ3n) is 4.44. The molecular formula is C20H18N2O6S. The molecule has 0 bridgehead atoms. The molecule has 0 fully saturated rings. The second kappa shape index (κ2) is 7.98. The van der Waals surface area contributed by atoms with Crippen molar-refractivity contribution in [3.05, 3.63) is 64.7 Å². The fourth-order valence-corrected chi connectivity index (χ4v) is 3.67. The standard InChI is InChI=1S/C20H18N2O6S/c23-18(19(24)22-14-3-4-15-16(10-14)27-8-7-26-15)21-12-20(25,13-5-9-29-11-13)17-2-1-6-28-17/h1-6,9-11,25H,7-8,12H2,(H,21,23)(H,22,24). The smallest absolute Gasteiger partial charge is 0.313 e. The number of furan rings is 1. The zero-order valence-corrected chi connectivity index (χ0v) is 16.0. The van der Waals surface area contributed by atoms with Crippen molar-refractivity contribution in [3.63, 3.8) is 0 Å². The fraction of sp³-hybridized carbons (Fsp3) is 0.200. The SMILES string of the molecule is O=C(NCC(O)(c1ccsc1)c1ccco1)C(=O)Nc1ccc2c(c1)OCCO2. The number of aliphatic hydroxyl groups is 1. The molecule has 150 valence electrons. The van der Waals surface area contributed by atoms with Gasteiger partial charge in [-0.15, -0.1) is 0 Å². The molecule has 2 aromatic heterocycles. The van der Waals surface area contributed by atoms with Gasteiger partial charge in [-0.2, -0.15) is 11.3 Å². The van der Waals surface area contributed by atoms with E-state index in [1.165, 1.54) is 17.6 Å². The highest BCUT2D eigenvalue weighted by molar-refractivity contribution is 7.08. The van der Waals surface area contributed by atoms with Crippen molar-refractivity contribution < 1.29 is 28.6 Å². The van der Waals surface area contributed by atoms with E-state index in [0.717, 1.165) is 0 Å². The van der Waals surface area contributed by atoms with Crippen LogP contribution in [0.15, 0.2) is 57.8 Å². The van der Waals surface area contributed by atoms with Gasteiger partial charge < -0.3 is 29.6 Å². The molecule has 9 heteroatoms. The van der Waals surface area contributed by atoms with Gasteiger partial charge in [0.05, 0.1) is 12.8 Å². The van der Waals surface area contributed by atoms with Gasteiger partial charge in [-0.1, -0.05) is 0 Å². The lowest BCUT2D eigenvalue weighted by molar-refractivity contribution is -0.136. The summed E-state index contributed by atoms with van der Waals surface area (Å²) in [6.45, 7) is 0.646. The van der Waals surface area contributed by atoms with E-state index in [4.69, 9.17) is 13.9 Å². The Labute approximate surface area is 170 Å². The molecule has 2 amide bonds. The summed E-state index contributed by atoms with van der Waals surface area (Å²) in [4.78, 5) is 24.6. The number of rotatable bonds is 5. The lowest BCUT2D eigenvalue weighted by atomic mass is 9.93. The number of thiophene rings is 1. The van der Waals surface area contributed by atoms with Gasteiger partial charge in [0.2, 0.25) is 0 Å². The molecule has 0 radical (unpaired) electrons. The second-order valence-corrected chi connectivity index (χ2v) is 7.12. The molecule has 0 aliphatic carbocycles. The maximum atomic E-state index is 12.3. The van der Waals surface area contributed by atoms with Gasteiger partial charge in [0.1, 0.15) is 19.0 Å². The number of carbonyl (C=O) groups excluding carboxylic acids is 2. The molecule has 1 aliphatic rings. The minimum absolute atomic E-state index is 0.232. The molecule has 1 aliphatic heterocycles. The zero-order valence-electron chi connectivity index (χ0n) is 15.2. The first-order valence-electron chi connectivity index (χ1n) is 8.84. The Morgan fingerprint density at radius 1 is 1.10 bits per heavy atom. The maximum Gasteiger partial charge on any atom is 0.313 e. The summed E-state index contributed by atoms with van der Waals surface area (Å²) in [6.07, 6.45) is 1.43. The number of hydrogen-bond donors (Lipinski definition) is 3. The summed E-state index contributed by atoms with van der Waals surface area (Å²) < 4.78 is 16.2. The molecule has 1 unspecified atom stereocenters. The average Bonchev–Trinajstić information content (AvgIpc) is 3.46. The molecule has 3 heterocycles. The van der Waals surface area contributed by atoms with Crippen LogP contribution in [0.5, 0.6) is 11.5 Å². The first kappa shape index (κ1) is 19.0. The van der Waals surface area contributed by atoms with Crippen LogP contribution in [-0.2, 0) is 15.2 Å². The first-order chi connectivity index (χ1) is 14.1. The van der Waals surface area contributed by atoms with Crippen LogP contribution >= 0.6 is 11.3 Å². The summed E-state index contributed by atoms with van der Waals surface area (Å²) >= 11 is 1.40. The van der Waals surface area contributed by atoms with Crippen molar-refractivity contribution in [3.8, 4) is 11.5 Å². The number of carbonyl (C=O) groups is 2. The highest BCUT2D eigenvalue weighted by Gasteiger charge is 2.36. The average molecular weight is 414 g/mol. The normalized spacial score (nSPS) is 14.7. The molecule has 1 atom stereocenters. The molecule has 3 N–H and O–H groups in total. The molecular weight excluding hydrogens is 396 g/mol. The highest BCUT2D eigenvalue weighted by Crippen LogP contribution is 2.33. The number of anilines is 1. The van der Waals surface area contributed by atoms with Crippen molar-refractivity contribution in [1.29, 1.82) is 0 Å². The van der Waals surface area contributed by atoms with Gasteiger partial charge >= 0.3 is 11.8 Å². The number of hydrogen-bond acceptors (Lipinski definition) is 7. The summed E-state index contributed by atoms with van der Waals surface area (Å²) in [5, 5.41) is 19.7. The van der Waals surface area contributed by atoms with E-state index in [2.05, 4.69) is 10.6 Å². The maximum absolute atomic E-state index is 12.3. The lowest BCUT2D eigenvalue weighted by Crippen LogP contribution is -2.45. The Balaban J connectivity index is 1.42. The fourth-order valence-electron chi connectivity index (χ4n) is 2.94. The molecule has 4 rings (SSSR count). The van der Waals surface area contributed by atoms with Gasteiger partial charge in [0.25, 0.3) is 0 Å². The van der Waals surface area contributed by atoms with E-state index >= 15 is 0 Å². The van der Waals surface area contributed by atoms with Gasteiger partial charge in [-0.25, -0.2) is 0 Å². The predicted octanol–water partition coefficient (Wildman–Crippen LogP) is 2.10. The largest absolute Gasteiger partial charge is 0.486 e. The number of fused-ring (bicyclic) bond motifs is 1. The molecule has 0 spiro atoms. The summed E-state index contributed by atoms with van der Waals surface area (Å²) in [5.74, 6) is -0.408. The van der Waals surface area contributed by atoms with Gasteiger partial charge in [0, 0.05) is 17.3 Å². The van der Waals surface area contributed by atoms with Crippen LogP contribution in [0.25, 0.3) is 0 Å². The molecule has 0 saturated carbocycles. The minimum Gasteiger partial charge on any atom is -0.486 e. The summed E-state index contributed by atoms with van der Waals surface area (Å²) in [5.41, 5.74) is -0.630. The quantitative estimate of drug-likeness (QED) is 0.552. The Hall–Kier alpha value is -3.30. The van der Waals surface area contributed by atoms with Crippen LogP contribution in [0.2, 0.25) is 0 Å². The highest BCUT2D eigenvalue weighted by atomic mass is 32.1. The van der Waals surface area contributed by atoms with Gasteiger partial charge in [0.15, 0.2) is 17.1 Å². The van der Waals surface area contributed by atoms with Crippen LogP contribution in [0.3, 0.4) is 0 Å². The van der Waals surface area contributed by atoms with E-state index in [-0.39, 0.29) is 12.3 Å². The zero-order chi connectivity index (χ0) is 20.3. The van der Waals surface area contributed by atoms with E-state index in [9.17, 15) is 14.7 Å². The van der Waals surface area contributed by atoms with Crippen LogP contribution in [0.4, 0.5) is 5.69 Å². The number of benzene rings is 1. The molecule has 1 aromatic carbocycles.